The number of Topliss-reactive ketones (excluding diaryl/α,β-unsaturated/α-hetero) is 1. The zero-order chi connectivity index (χ0) is 21.8. The predicted molar refractivity (Wildman–Crippen MR) is 108 cm³/mol. The quantitative estimate of drug-likeness (QED) is 0.438. The van der Waals surface area contributed by atoms with Gasteiger partial charge in [-0.1, -0.05) is 11.6 Å². The molecular weight excluding hydrogens is 412 g/mol. The van der Waals surface area contributed by atoms with Crippen molar-refractivity contribution in [3.63, 3.8) is 0 Å². The molecule has 0 N–H and O–H groups in total. The van der Waals surface area contributed by atoms with Gasteiger partial charge in [0, 0.05) is 11.1 Å². The van der Waals surface area contributed by atoms with Crippen molar-refractivity contribution < 1.29 is 28.6 Å². The topological polar surface area (TPSA) is 96.7 Å². The van der Waals surface area contributed by atoms with Gasteiger partial charge >= 0.3 is 11.9 Å². The predicted octanol–water partition coefficient (Wildman–Crippen LogP) is 3.66. The molecule has 8 nitrogen and oxygen atoms in total. The summed E-state index contributed by atoms with van der Waals surface area (Å²) in [6.45, 7) is 3.46. The monoisotopic (exact) mass is 434 g/mol. The number of ether oxygens (including phenoxy) is 3. The Morgan fingerprint density at radius 3 is 2.40 bits per heavy atom. The average Bonchev–Trinajstić information content (AvgIpc) is 3.49. The van der Waals surface area contributed by atoms with Gasteiger partial charge in [-0.25, -0.2) is 14.3 Å². The van der Waals surface area contributed by atoms with E-state index in [1.807, 2.05) is 0 Å². The fraction of sp³-hybridized carbons (Fsp3) is 0.429. The number of ketones is 1. The van der Waals surface area contributed by atoms with Crippen LogP contribution in [0.1, 0.15) is 69.5 Å². The highest BCUT2D eigenvalue weighted by Crippen LogP contribution is 2.44. The minimum Gasteiger partial charge on any atom is -0.495 e. The van der Waals surface area contributed by atoms with Gasteiger partial charge in [0.1, 0.15) is 12.3 Å². The lowest BCUT2D eigenvalue weighted by molar-refractivity contribution is 0.0505. The zero-order valence-electron chi connectivity index (χ0n) is 17.1. The molecule has 2 aromatic rings. The van der Waals surface area contributed by atoms with E-state index < -0.39 is 11.9 Å². The highest BCUT2D eigenvalue weighted by molar-refractivity contribution is 6.32. The zero-order valence-corrected chi connectivity index (χ0v) is 17.8. The minimum absolute atomic E-state index is 0.0169. The molecule has 0 spiro atoms. The van der Waals surface area contributed by atoms with E-state index in [9.17, 15) is 14.4 Å². The van der Waals surface area contributed by atoms with Gasteiger partial charge < -0.3 is 14.2 Å². The van der Waals surface area contributed by atoms with Crippen molar-refractivity contribution >= 4 is 29.3 Å². The maximum Gasteiger partial charge on any atom is 0.359 e. The number of benzene rings is 1. The van der Waals surface area contributed by atoms with E-state index in [0.29, 0.717) is 21.9 Å². The SMILES string of the molecule is CCOC(=O)c1nn(CC(=O)c2ccc(Cl)c(OC)c2)c(C(=O)OCC)c1C1CC1. The van der Waals surface area contributed by atoms with E-state index in [-0.39, 0.29) is 42.8 Å². The van der Waals surface area contributed by atoms with Gasteiger partial charge in [0.05, 0.1) is 25.3 Å². The Morgan fingerprint density at radius 1 is 1.13 bits per heavy atom. The standard InChI is InChI=1S/C21H23ClN2O6/c1-4-29-20(26)18-17(12-6-7-12)19(21(27)30-5-2)24(23-18)11-15(25)13-8-9-14(22)16(10-13)28-3/h8-10,12H,4-7,11H2,1-3H3. The van der Waals surface area contributed by atoms with Gasteiger partial charge in [0.2, 0.25) is 0 Å². The maximum atomic E-state index is 12.9. The summed E-state index contributed by atoms with van der Waals surface area (Å²) in [5.74, 6) is -1.19. The second-order valence-corrected chi connectivity index (χ2v) is 7.16. The number of aromatic nitrogens is 2. The molecular formula is C21H23ClN2O6. The molecule has 3 rings (SSSR count). The number of methoxy groups -OCH3 is 1. The Kier molecular flexibility index (Phi) is 6.77. The van der Waals surface area contributed by atoms with Crippen LogP contribution in [0.3, 0.4) is 0 Å². The van der Waals surface area contributed by atoms with E-state index >= 15 is 0 Å². The van der Waals surface area contributed by atoms with E-state index in [0.717, 1.165) is 12.8 Å². The Hall–Kier alpha value is -2.87. The second-order valence-electron chi connectivity index (χ2n) is 6.76. The lowest BCUT2D eigenvalue weighted by Crippen LogP contribution is -2.19. The van der Waals surface area contributed by atoms with E-state index in [1.54, 1.807) is 26.0 Å². The molecule has 1 aromatic carbocycles. The minimum atomic E-state index is -0.621. The van der Waals surface area contributed by atoms with Crippen LogP contribution in [0.15, 0.2) is 18.2 Å². The number of carbonyl (C=O) groups is 3. The van der Waals surface area contributed by atoms with Crippen molar-refractivity contribution in [2.75, 3.05) is 20.3 Å². The fourth-order valence-corrected chi connectivity index (χ4v) is 3.37. The smallest absolute Gasteiger partial charge is 0.359 e. The highest BCUT2D eigenvalue weighted by Gasteiger charge is 2.38. The normalized spacial score (nSPS) is 13.1. The lowest BCUT2D eigenvalue weighted by Gasteiger charge is -2.09. The van der Waals surface area contributed by atoms with Crippen molar-refractivity contribution in [3.8, 4) is 5.75 Å². The Morgan fingerprint density at radius 2 is 1.80 bits per heavy atom. The molecule has 0 unspecified atom stereocenters. The molecule has 0 bridgehead atoms. The molecule has 1 aromatic heterocycles. The molecule has 0 amide bonds. The van der Waals surface area contributed by atoms with Crippen LogP contribution in [0, 0.1) is 0 Å². The van der Waals surface area contributed by atoms with Crippen LogP contribution in [0.25, 0.3) is 0 Å². The van der Waals surface area contributed by atoms with Gasteiger partial charge in [0.25, 0.3) is 0 Å². The summed E-state index contributed by atoms with van der Waals surface area (Å²) < 4.78 is 16.7. The first kappa shape index (κ1) is 21.8. The first-order chi connectivity index (χ1) is 14.4. The molecule has 0 aliphatic heterocycles. The molecule has 160 valence electrons. The Bertz CT molecular complexity index is 980. The van der Waals surface area contributed by atoms with E-state index in [1.165, 1.54) is 17.9 Å². The molecule has 1 aliphatic rings. The molecule has 1 aliphatic carbocycles. The van der Waals surface area contributed by atoms with Crippen LogP contribution in [0.4, 0.5) is 0 Å². The highest BCUT2D eigenvalue weighted by atomic mass is 35.5. The van der Waals surface area contributed by atoms with E-state index in [4.69, 9.17) is 25.8 Å². The number of nitrogens with zero attached hydrogens (tertiary/aromatic N) is 2. The number of hydrogen-bond donors (Lipinski definition) is 0. The molecule has 30 heavy (non-hydrogen) atoms. The molecule has 0 atom stereocenters. The molecule has 1 heterocycles. The van der Waals surface area contributed by atoms with Crippen molar-refractivity contribution in [2.24, 2.45) is 0 Å². The van der Waals surface area contributed by atoms with Crippen LogP contribution < -0.4 is 4.74 Å². The third-order valence-electron chi connectivity index (χ3n) is 4.68. The van der Waals surface area contributed by atoms with Crippen LogP contribution in [-0.2, 0) is 16.0 Å². The molecule has 0 saturated heterocycles. The van der Waals surface area contributed by atoms with Gasteiger partial charge in [-0.2, -0.15) is 5.10 Å². The third-order valence-corrected chi connectivity index (χ3v) is 4.99. The second kappa shape index (κ2) is 9.30. The number of esters is 2. The van der Waals surface area contributed by atoms with Crippen molar-refractivity contribution in [1.29, 1.82) is 0 Å². The summed E-state index contributed by atoms with van der Waals surface area (Å²) in [6.07, 6.45) is 1.65. The number of carbonyl (C=O) groups excluding carboxylic acids is 3. The van der Waals surface area contributed by atoms with Gasteiger partial charge in [0.15, 0.2) is 17.2 Å². The first-order valence-electron chi connectivity index (χ1n) is 9.72. The van der Waals surface area contributed by atoms with Gasteiger partial charge in [-0.15, -0.1) is 0 Å². The Labute approximate surface area is 179 Å². The average molecular weight is 435 g/mol. The fourth-order valence-electron chi connectivity index (χ4n) is 3.17. The summed E-state index contributed by atoms with van der Waals surface area (Å²) in [5.41, 5.74) is 1.01. The summed E-state index contributed by atoms with van der Waals surface area (Å²) in [7, 11) is 1.45. The van der Waals surface area contributed by atoms with Crippen molar-refractivity contribution in [1.82, 2.24) is 9.78 Å². The summed E-state index contributed by atoms with van der Waals surface area (Å²) in [6, 6.07) is 4.64. The molecule has 1 saturated carbocycles. The van der Waals surface area contributed by atoms with E-state index in [2.05, 4.69) is 5.10 Å². The summed E-state index contributed by atoms with van der Waals surface area (Å²) in [5, 5.41) is 4.66. The maximum absolute atomic E-state index is 12.9. The van der Waals surface area contributed by atoms with Crippen LogP contribution in [0.2, 0.25) is 5.02 Å². The summed E-state index contributed by atoms with van der Waals surface area (Å²) in [4.78, 5) is 38.0. The van der Waals surface area contributed by atoms with Crippen LogP contribution in [0.5, 0.6) is 5.75 Å². The lowest BCUT2D eigenvalue weighted by atomic mass is 10.1. The Balaban J connectivity index is 2.02. The van der Waals surface area contributed by atoms with Crippen LogP contribution >= 0.6 is 11.6 Å². The van der Waals surface area contributed by atoms with Crippen molar-refractivity contribution in [2.45, 2.75) is 39.2 Å². The largest absolute Gasteiger partial charge is 0.495 e. The first-order valence-corrected chi connectivity index (χ1v) is 10.1. The van der Waals surface area contributed by atoms with Crippen LogP contribution in [-0.4, -0.2) is 47.8 Å². The number of rotatable bonds is 9. The molecule has 9 heteroatoms. The van der Waals surface area contributed by atoms with Gasteiger partial charge in [-0.05, 0) is 50.8 Å². The molecule has 1 fully saturated rings. The van der Waals surface area contributed by atoms with Gasteiger partial charge in [-0.3, -0.25) is 4.79 Å². The summed E-state index contributed by atoms with van der Waals surface area (Å²) >= 11 is 6.03. The number of halogens is 1. The van der Waals surface area contributed by atoms with Crippen molar-refractivity contribution in [3.05, 3.63) is 45.7 Å². The number of hydrogen-bond acceptors (Lipinski definition) is 7. The molecule has 0 radical (unpaired) electrons. The third kappa shape index (κ3) is 4.48.